The molecule has 88 valence electrons. The van der Waals surface area contributed by atoms with E-state index in [0.29, 0.717) is 5.15 Å². The van der Waals surface area contributed by atoms with Gasteiger partial charge >= 0.3 is 0 Å². The molecule has 0 radical (unpaired) electrons. The third-order valence-corrected chi connectivity index (χ3v) is 2.90. The van der Waals surface area contributed by atoms with E-state index < -0.39 is 0 Å². The van der Waals surface area contributed by atoms with Crippen LogP contribution in [-0.4, -0.2) is 15.0 Å². The molecule has 0 N–H and O–H groups in total. The molecule has 4 heteroatoms. The first-order valence-corrected chi connectivity index (χ1v) is 5.93. The summed E-state index contributed by atoms with van der Waals surface area (Å²) in [5.74, 6) is 0.997. The maximum absolute atomic E-state index is 6.13. The summed E-state index contributed by atoms with van der Waals surface area (Å²) < 4.78 is 0. The fraction of sp³-hybridized carbons (Fsp3) is 0.308. The lowest BCUT2D eigenvalue weighted by atomic mass is 10.1. The molecule has 0 aliphatic carbocycles. The second kappa shape index (κ2) is 4.80. The van der Waals surface area contributed by atoms with Crippen molar-refractivity contribution in [3.63, 3.8) is 0 Å². The highest BCUT2D eigenvalue weighted by Gasteiger charge is 2.13. The summed E-state index contributed by atoms with van der Waals surface area (Å²) in [5.41, 5.74) is 2.51. The zero-order valence-corrected chi connectivity index (χ0v) is 10.9. The third kappa shape index (κ3) is 2.44. The fourth-order valence-electron chi connectivity index (χ4n) is 1.52. The minimum Gasteiger partial charge on any atom is -0.255 e. The van der Waals surface area contributed by atoms with E-state index in [-0.39, 0.29) is 5.92 Å². The number of pyridine rings is 1. The highest BCUT2D eigenvalue weighted by molar-refractivity contribution is 6.30. The van der Waals surface area contributed by atoms with E-state index in [2.05, 4.69) is 15.0 Å². The maximum Gasteiger partial charge on any atom is 0.136 e. The van der Waals surface area contributed by atoms with Gasteiger partial charge in [0.2, 0.25) is 0 Å². The molecule has 0 aliphatic heterocycles. The molecule has 0 aromatic carbocycles. The van der Waals surface area contributed by atoms with Gasteiger partial charge in [-0.1, -0.05) is 31.5 Å². The van der Waals surface area contributed by atoms with Crippen LogP contribution < -0.4 is 0 Å². The Morgan fingerprint density at radius 1 is 1.18 bits per heavy atom. The summed E-state index contributed by atoms with van der Waals surface area (Å²) in [6, 6.07) is 5.74. The van der Waals surface area contributed by atoms with Crippen molar-refractivity contribution >= 4 is 11.6 Å². The summed E-state index contributed by atoms with van der Waals surface area (Å²) in [4.78, 5) is 13.1. The van der Waals surface area contributed by atoms with Gasteiger partial charge in [0, 0.05) is 17.7 Å². The molecule has 0 aliphatic rings. The summed E-state index contributed by atoms with van der Waals surface area (Å²) in [6.45, 7) is 6.00. The SMILES string of the molecule is Cc1c(Cl)nc(C(C)C)nc1-c1ccccn1. The number of hydrogen-bond acceptors (Lipinski definition) is 3. The van der Waals surface area contributed by atoms with Crippen molar-refractivity contribution in [3.05, 3.63) is 40.9 Å². The van der Waals surface area contributed by atoms with Crippen LogP contribution in [0.2, 0.25) is 5.15 Å². The van der Waals surface area contributed by atoms with E-state index in [1.54, 1.807) is 6.20 Å². The van der Waals surface area contributed by atoms with Gasteiger partial charge in [-0.05, 0) is 19.1 Å². The Kier molecular flexibility index (Phi) is 3.38. The average Bonchev–Trinajstić information content (AvgIpc) is 2.33. The van der Waals surface area contributed by atoms with Crippen LogP contribution >= 0.6 is 11.6 Å². The molecule has 2 heterocycles. The zero-order valence-electron chi connectivity index (χ0n) is 10.1. The smallest absolute Gasteiger partial charge is 0.136 e. The zero-order chi connectivity index (χ0) is 12.4. The molecular formula is C13H14ClN3. The second-order valence-electron chi connectivity index (χ2n) is 4.22. The fourth-order valence-corrected chi connectivity index (χ4v) is 1.69. The van der Waals surface area contributed by atoms with Gasteiger partial charge in [-0.15, -0.1) is 0 Å². The minimum atomic E-state index is 0.246. The molecule has 0 amide bonds. The Balaban J connectivity index is 2.61. The summed E-state index contributed by atoms with van der Waals surface area (Å²) in [5, 5.41) is 0.504. The predicted molar refractivity (Wildman–Crippen MR) is 69.1 cm³/mol. The Morgan fingerprint density at radius 3 is 2.53 bits per heavy atom. The lowest BCUT2D eigenvalue weighted by Gasteiger charge is -2.10. The number of hydrogen-bond donors (Lipinski definition) is 0. The molecule has 0 saturated heterocycles. The number of rotatable bonds is 2. The van der Waals surface area contributed by atoms with Gasteiger partial charge in [-0.2, -0.15) is 0 Å². The summed E-state index contributed by atoms with van der Waals surface area (Å²) >= 11 is 6.13. The second-order valence-corrected chi connectivity index (χ2v) is 4.57. The van der Waals surface area contributed by atoms with Gasteiger partial charge in [0.15, 0.2) is 0 Å². The Hall–Kier alpha value is -1.48. The molecule has 0 unspecified atom stereocenters. The monoisotopic (exact) mass is 247 g/mol. The average molecular weight is 248 g/mol. The van der Waals surface area contributed by atoms with Gasteiger partial charge in [-0.25, -0.2) is 9.97 Å². The number of nitrogens with zero attached hydrogens (tertiary/aromatic N) is 3. The van der Waals surface area contributed by atoms with Crippen molar-refractivity contribution in [1.82, 2.24) is 15.0 Å². The van der Waals surface area contributed by atoms with Crippen LogP contribution in [0.5, 0.6) is 0 Å². The number of halogens is 1. The van der Waals surface area contributed by atoms with Gasteiger partial charge < -0.3 is 0 Å². The molecule has 3 nitrogen and oxygen atoms in total. The van der Waals surface area contributed by atoms with E-state index in [9.17, 15) is 0 Å². The van der Waals surface area contributed by atoms with Crippen LogP contribution in [0.4, 0.5) is 0 Å². The van der Waals surface area contributed by atoms with Crippen molar-refractivity contribution in [2.24, 2.45) is 0 Å². The van der Waals surface area contributed by atoms with Crippen LogP contribution in [0, 0.1) is 6.92 Å². The standard InChI is InChI=1S/C13H14ClN3/c1-8(2)13-16-11(9(3)12(14)17-13)10-6-4-5-7-15-10/h4-8H,1-3H3. The first-order valence-electron chi connectivity index (χ1n) is 5.55. The predicted octanol–water partition coefficient (Wildman–Crippen LogP) is 3.62. The quantitative estimate of drug-likeness (QED) is 0.761. The largest absolute Gasteiger partial charge is 0.255 e. The van der Waals surface area contributed by atoms with Crippen LogP contribution in [-0.2, 0) is 0 Å². The highest BCUT2D eigenvalue weighted by atomic mass is 35.5. The lowest BCUT2D eigenvalue weighted by molar-refractivity contribution is 0.773. The van der Waals surface area contributed by atoms with Crippen LogP contribution in [0.15, 0.2) is 24.4 Å². The molecule has 0 fully saturated rings. The first-order chi connectivity index (χ1) is 8.09. The van der Waals surface area contributed by atoms with Crippen molar-refractivity contribution < 1.29 is 0 Å². The van der Waals surface area contributed by atoms with Crippen molar-refractivity contribution in [2.75, 3.05) is 0 Å². The van der Waals surface area contributed by atoms with Crippen molar-refractivity contribution in [1.29, 1.82) is 0 Å². The van der Waals surface area contributed by atoms with E-state index in [1.165, 1.54) is 0 Å². The van der Waals surface area contributed by atoms with Gasteiger partial charge in [0.1, 0.15) is 11.0 Å². The molecule has 0 atom stereocenters. The highest BCUT2D eigenvalue weighted by Crippen LogP contribution is 2.25. The van der Waals surface area contributed by atoms with Crippen LogP contribution in [0.25, 0.3) is 11.4 Å². The minimum absolute atomic E-state index is 0.246. The van der Waals surface area contributed by atoms with Crippen molar-refractivity contribution in [2.45, 2.75) is 26.7 Å². The topological polar surface area (TPSA) is 38.7 Å². The van der Waals surface area contributed by atoms with E-state index >= 15 is 0 Å². The lowest BCUT2D eigenvalue weighted by Crippen LogP contribution is -2.03. The number of aromatic nitrogens is 3. The van der Waals surface area contributed by atoms with Gasteiger partial charge in [0.05, 0.1) is 11.4 Å². The van der Waals surface area contributed by atoms with Crippen molar-refractivity contribution in [3.8, 4) is 11.4 Å². The molecule has 2 aromatic rings. The normalized spacial score (nSPS) is 10.9. The molecule has 17 heavy (non-hydrogen) atoms. The Bertz CT molecular complexity index is 524. The van der Waals surface area contributed by atoms with E-state index in [1.807, 2.05) is 39.0 Å². The van der Waals surface area contributed by atoms with Crippen LogP contribution in [0.3, 0.4) is 0 Å². The van der Waals surface area contributed by atoms with Crippen LogP contribution in [0.1, 0.15) is 31.2 Å². The van der Waals surface area contributed by atoms with E-state index in [4.69, 9.17) is 11.6 Å². The summed E-state index contributed by atoms with van der Waals surface area (Å²) in [6.07, 6.45) is 1.75. The molecular weight excluding hydrogens is 234 g/mol. The first kappa shape index (κ1) is 12.0. The molecule has 0 spiro atoms. The van der Waals surface area contributed by atoms with Gasteiger partial charge in [0.25, 0.3) is 0 Å². The third-order valence-electron chi connectivity index (χ3n) is 2.53. The Morgan fingerprint density at radius 2 is 1.94 bits per heavy atom. The summed E-state index contributed by atoms with van der Waals surface area (Å²) in [7, 11) is 0. The molecule has 0 saturated carbocycles. The Labute approximate surface area is 106 Å². The van der Waals surface area contributed by atoms with Gasteiger partial charge in [-0.3, -0.25) is 4.98 Å². The maximum atomic E-state index is 6.13. The molecule has 0 bridgehead atoms. The van der Waals surface area contributed by atoms with E-state index in [0.717, 1.165) is 22.8 Å². The molecule has 2 aromatic heterocycles. The molecule has 2 rings (SSSR count).